The second-order valence-corrected chi connectivity index (χ2v) is 6.83. The maximum atomic E-state index is 12.1. The molecule has 2 rings (SSSR count). The van der Waals surface area contributed by atoms with Gasteiger partial charge in [-0.15, -0.1) is 0 Å². The number of carbonyl (C=O) groups is 1. The molecule has 0 aliphatic heterocycles. The van der Waals surface area contributed by atoms with Crippen molar-refractivity contribution >= 4 is 21.6 Å². The van der Waals surface area contributed by atoms with Gasteiger partial charge in [-0.25, -0.2) is 13.4 Å². The predicted molar refractivity (Wildman–Crippen MR) is 80.8 cm³/mol. The summed E-state index contributed by atoms with van der Waals surface area (Å²) in [5.74, 6) is -0.862. The zero-order valence-electron chi connectivity index (χ0n) is 11.8. The lowest BCUT2D eigenvalue weighted by atomic mass is 10.2. The predicted octanol–water partition coefficient (Wildman–Crippen LogP) is 2.11. The van der Waals surface area contributed by atoms with E-state index in [0.29, 0.717) is 5.82 Å². The van der Waals surface area contributed by atoms with Gasteiger partial charge in [-0.1, -0.05) is 17.7 Å². The standard InChI is InChI=1S/C15H16N2O3S/c1-11-3-5-13(6-4-11)21(19,20)10-15(18)17-14-9-12(2)7-8-16-14/h3-9H,10H2,1-2H3,(H,16,17,18). The normalized spacial score (nSPS) is 11.1. The van der Waals surface area contributed by atoms with Gasteiger partial charge >= 0.3 is 0 Å². The minimum Gasteiger partial charge on any atom is -0.310 e. The Morgan fingerprint density at radius 3 is 2.38 bits per heavy atom. The number of hydrogen-bond acceptors (Lipinski definition) is 4. The Labute approximate surface area is 124 Å². The molecule has 0 saturated heterocycles. The number of hydrogen-bond donors (Lipinski definition) is 1. The van der Waals surface area contributed by atoms with Crippen LogP contribution < -0.4 is 5.32 Å². The summed E-state index contributed by atoms with van der Waals surface area (Å²) in [6.45, 7) is 3.73. The van der Waals surface area contributed by atoms with Crippen molar-refractivity contribution in [1.29, 1.82) is 0 Å². The number of sulfone groups is 1. The number of nitrogens with zero attached hydrogens (tertiary/aromatic N) is 1. The van der Waals surface area contributed by atoms with Crippen LogP contribution in [0.3, 0.4) is 0 Å². The summed E-state index contributed by atoms with van der Waals surface area (Å²) in [5, 5.41) is 2.49. The van der Waals surface area contributed by atoms with Gasteiger partial charge in [0.05, 0.1) is 4.90 Å². The van der Waals surface area contributed by atoms with Gasteiger partial charge in [0, 0.05) is 6.20 Å². The quantitative estimate of drug-likeness (QED) is 0.938. The number of pyridine rings is 1. The number of aromatic nitrogens is 1. The van der Waals surface area contributed by atoms with Crippen LogP contribution >= 0.6 is 0 Å². The van der Waals surface area contributed by atoms with Gasteiger partial charge in [0.1, 0.15) is 11.6 Å². The average Bonchev–Trinajstić information content (AvgIpc) is 2.38. The molecule has 5 nitrogen and oxygen atoms in total. The van der Waals surface area contributed by atoms with Crippen molar-refractivity contribution in [3.05, 3.63) is 53.7 Å². The van der Waals surface area contributed by atoms with E-state index in [1.807, 2.05) is 13.8 Å². The number of aryl methyl sites for hydroxylation is 2. The molecule has 1 aromatic heterocycles. The number of carbonyl (C=O) groups excluding carboxylic acids is 1. The molecule has 1 amide bonds. The largest absolute Gasteiger partial charge is 0.310 e. The van der Waals surface area contributed by atoms with Gasteiger partial charge in [-0.05, 0) is 43.7 Å². The summed E-state index contributed by atoms with van der Waals surface area (Å²) in [5.41, 5.74) is 1.89. The van der Waals surface area contributed by atoms with Crippen LogP contribution in [0.2, 0.25) is 0 Å². The Morgan fingerprint density at radius 1 is 1.10 bits per heavy atom. The molecule has 0 atom stereocenters. The van der Waals surface area contributed by atoms with Crippen LogP contribution in [0.5, 0.6) is 0 Å². The molecule has 1 N–H and O–H groups in total. The molecule has 0 unspecified atom stereocenters. The number of rotatable bonds is 4. The van der Waals surface area contributed by atoms with Crippen LogP contribution in [-0.4, -0.2) is 25.1 Å². The van der Waals surface area contributed by atoms with Crippen LogP contribution in [-0.2, 0) is 14.6 Å². The van der Waals surface area contributed by atoms with Gasteiger partial charge in [-0.2, -0.15) is 0 Å². The Morgan fingerprint density at radius 2 is 1.76 bits per heavy atom. The maximum Gasteiger partial charge on any atom is 0.241 e. The summed E-state index contributed by atoms with van der Waals surface area (Å²) < 4.78 is 24.3. The highest BCUT2D eigenvalue weighted by Gasteiger charge is 2.19. The third-order valence-corrected chi connectivity index (χ3v) is 4.52. The van der Waals surface area contributed by atoms with E-state index in [-0.39, 0.29) is 4.90 Å². The molecule has 1 heterocycles. The molecule has 110 valence electrons. The average molecular weight is 304 g/mol. The molecule has 1 aromatic carbocycles. The first-order valence-corrected chi connectivity index (χ1v) is 8.04. The van der Waals surface area contributed by atoms with Crippen LogP contribution in [0.25, 0.3) is 0 Å². The first-order valence-electron chi connectivity index (χ1n) is 6.39. The number of benzene rings is 1. The van der Waals surface area contributed by atoms with E-state index in [9.17, 15) is 13.2 Å². The molecule has 0 aliphatic rings. The lowest BCUT2D eigenvalue weighted by molar-refractivity contribution is -0.113. The lowest BCUT2D eigenvalue weighted by Gasteiger charge is -2.06. The topological polar surface area (TPSA) is 76.1 Å². The van der Waals surface area contributed by atoms with Crippen LogP contribution in [0.4, 0.5) is 5.82 Å². The highest BCUT2D eigenvalue weighted by atomic mass is 32.2. The van der Waals surface area contributed by atoms with Crippen molar-refractivity contribution in [1.82, 2.24) is 4.98 Å². The summed E-state index contributed by atoms with van der Waals surface area (Å²) >= 11 is 0. The minimum absolute atomic E-state index is 0.139. The molecule has 21 heavy (non-hydrogen) atoms. The van der Waals surface area contributed by atoms with E-state index in [4.69, 9.17) is 0 Å². The monoisotopic (exact) mass is 304 g/mol. The molecule has 0 radical (unpaired) electrons. The van der Waals surface area contributed by atoms with E-state index in [1.165, 1.54) is 12.1 Å². The van der Waals surface area contributed by atoms with E-state index < -0.39 is 21.5 Å². The van der Waals surface area contributed by atoms with Crippen LogP contribution in [0, 0.1) is 13.8 Å². The van der Waals surface area contributed by atoms with Crippen molar-refractivity contribution in [3.63, 3.8) is 0 Å². The van der Waals surface area contributed by atoms with Crippen LogP contribution in [0.1, 0.15) is 11.1 Å². The van der Waals surface area contributed by atoms with Crippen molar-refractivity contribution in [2.75, 3.05) is 11.1 Å². The van der Waals surface area contributed by atoms with Gasteiger partial charge in [-0.3, -0.25) is 4.79 Å². The molecular formula is C15H16N2O3S. The lowest BCUT2D eigenvalue weighted by Crippen LogP contribution is -2.23. The fourth-order valence-corrected chi connectivity index (χ4v) is 2.92. The van der Waals surface area contributed by atoms with E-state index in [2.05, 4.69) is 10.3 Å². The Hall–Kier alpha value is -2.21. The fourth-order valence-electron chi connectivity index (χ4n) is 1.78. The van der Waals surface area contributed by atoms with Gasteiger partial charge in [0.15, 0.2) is 9.84 Å². The molecule has 2 aromatic rings. The molecule has 0 aliphatic carbocycles. The molecule has 0 spiro atoms. The van der Waals surface area contributed by atoms with Gasteiger partial charge in [0.2, 0.25) is 5.91 Å². The number of anilines is 1. The summed E-state index contributed by atoms with van der Waals surface area (Å²) in [4.78, 5) is 16.0. The second kappa shape index (κ2) is 6.05. The summed E-state index contributed by atoms with van der Waals surface area (Å²) in [7, 11) is -3.65. The van der Waals surface area contributed by atoms with E-state index in [1.54, 1.807) is 30.5 Å². The zero-order valence-corrected chi connectivity index (χ0v) is 12.6. The van der Waals surface area contributed by atoms with Crippen molar-refractivity contribution in [3.8, 4) is 0 Å². The molecule has 0 saturated carbocycles. The third kappa shape index (κ3) is 4.13. The SMILES string of the molecule is Cc1ccc(S(=O)(=O)CC(=O)Nc2cc(C)ccn2)cc1. The number of nitrogens with one attached hydrogen (secondary N) is 1. The van der Waals surface area contributed by atoms with Crippen molar-refractivity contribution in [2.24, 2.45) is 0 Å². The Bertz CT molecular complexity index is 753. The molecule has 0 fully saturated rings. The molecule has 0 bridgehead atoms. The van der Waals surface area contributed by atoms with E-state index in [0.717, 1.165) is 11.1 Å². The smallest absolute Gasteiger partial charge is 0.241 e. The van der Waals surface area contributed by atoms with E-state index >= 15 is 0 Å². The van der Waals surface area contributed by atoms with Crippen molar-refractivity contribution in [2.45, 2.75) is 18.7 Å². The van der Waals surface area contributed by atoms with Crippen LogP contribution in [0.15, 0.2) is 47.5 Å². The Balaban J connectivity index is 2.09. The fraction of sp³-hybridized carbons (Fsp3) is 0.200. The maximum absolute atomic E-state index is 12.1. The summed E-state index contributed by atoms with van der Waals surface area (Å²) in [6, 6.07) is 9.88. The highest BCUT2D eigenvalue weighted by Crippen LogP contribution is 2.13. The molecular weight excluding hydrogens is 288 g/mol. The third-order valence-electron chi connectivity index (χ3n) is 2.88. The minimum atomic E-state index is -3.65. The highest BCUT2D eigenvalue weighted by molar-refractivity contribution is 7.92. The molecule has 6 heteroatoms. The first-order chi connectivity index (χ1) is 9.87. The second-order valence-electron chi connectivity index (χ2n) is 4.84. The van der Waals surface area contributed by atoms with Gasteiger partial charge < -0.3 is 5.32 Å². The summed E-state index contributed by atoms with van der Waals surface area (Å²) in [6.07, 6.45) is 1.55. The van der Waals surface area contributed by atoms with Crippen molar-refractivity contribution < 1.29 is 13.2 Å². The van der Waals surface area contributed by atoms with Gasteiger partial charge in [0.25, 0.3) is 0 Å². The number of amides is 1. The Kier molecular flexibility index (Phi) is 4.37. The first kappa shape index (κ1) is 15.2. The zero-order chi connectivity index (χ0) is 15.5.